The van der Waals surface area contributed by atoms with Crippen molar-refractivity contribution in [3.05, 3.63) is 45.9 Å². The van der Waals surface area contributed by atoms with E-state index < -0.39 is 0 Å². The van der Waals surface area contributed by atoms with Gasteiger partial charge in [0.25, 0.3) is 0 Å². The van der Waals surface area contributed by atoms with Crippen LogP contribution in [0, 0.1) is 0 Å². The number of hydrogen-bond acceptors (Lipinski definition) is 4. The van der Waals surface area contributed by atoms with E-state index in [1.165, 1.54) is 6.33 Å². The topological polar surface area (TPSA) is 63.7 Å². The van der Waals surface area contributed by atoms with Gasteiger partial charge in [-0.3, -0.25) is 0 Å². The molecule has 2 aromatic heterocycles. The SMILES string of the molecule is Clc1nc(OCc2cccc(Br)c2)c2[nH]cnc2n1. The fraction of sp³-hybridized carbons (Fsp3) is 0.0833. The van der Waals surface area contributed by atoms with E-state index in [0.29, 0.717) is 23.7 Å². The number of aromatic nitrogens is 4. The molecule has 2 heterocycles. The number of hydrogen-bond donors (Lipinski definition) is 1. The standard InChI is InChI=1S/C12H8BrClN4O/c13-8-3-1-2-7(4-8)5-19-11-9-10(16-6-15-9)17-12(14)18-11/h1-4,6H,5H2,(H,15,16,17,18). The minimum absolute atomic E-state index is 0.115. The number of ether oxygens (including phenoxy) is 1. The second-order valence-electron chi connectivity index (χ2n) is 3.82. The van der Waals surface area contributed by atoms with Crippen LogP contribution in [-0.4, -0.2) is 19.9 Å². The number of fused-ring (bicyclic) bond motifs is 1. The molecule has 3 aromatic rings. The molecule has 0 spiro atoms. The molecule has 0 radical (unpaired) electrons. The molecule has 0 atom stereocenters. The van der Waals surface area contributed by atoms with E-state index in [9.17, 15) is 0 Å². The lowest BCUT2D eigenvalue weighted by atomic mass is 10.2. The molecule has 5 nitrogen and oxygen atoms in total. The van der Waals surface area contributed by atoms with Crippen LogP contribution in [0.1, 0.15) is 5.56 Å². The van der Waals surface area contributed by atoms with Crippen LogP contribution in [0.4, 0.5) is 0 Å². The zero-order valence-corrected chi connectivity index (χ0v) is 11.9. The number of nitrogens with one attached hydrogen (secondary N) is 1. The van der Waals surface area contributed by atoms with Gasteiger partial charge >= 0.3 is 0 Å². The van der Waals surface area contributed by atoms with Crippen molar-refractivity contribution in [2.45, 2.75) is 6.61 Å². The maximum Gasteiger partial charge on any atom is 0.244 e. The average molecular weight is 340 g/mol. The van der Waals surface area contributed by atoms with Gasteiger partial charge in [-0.05, 0) is 29.3 Å². The molecule has 0 aliphatic heterocycles. The molecular formula is C12H8BrClN4O. The first-order valence-electron chi connectivity index (χ1n) is 5.46. The van der Waals surface area contributed by atoms with Crippen molar-refractivity contribution in [1.29, 1.82) is 0 Å². The Hall–Kier alpha value is -1.66. The van der Waals surface area contributed by atoms with Gasteiger partial charge in [0.15, 0.2) is 5.65 Å². The van der Waals surface area contributed by atoms with E-state index in [4.69, 9.17) is 16.3 Å². The Balaban J connectivity index is 1.87. The monoisotopic (exact) mass is 338 g/mol. The molecule has 3 rings (SSSR count). The van der Waals surface area contributed by atoms with Crippen molar-refractivity contribution in [2.75, 3.05) is 0 Å². The Bertz CT molecular complexity index is 731. The average Bonchev–Trinajstić information content (AvgIpc) is 2.84. The van der Waals surface area contributed by atoms with Gasteiger partial charge in [0.05, 0.1) is 6.33 Å². The third-order valence-electron chi connectivity index (χ3n) is 2.49. The van der Waals surface area contributed by atoms with Crippen molar-refractivity contribution in [2.24, 2.45) is 0 Å². The summed E-state index contributed by atoms with van der Waals surface area (Å²) in [5.41, 5.74) is 2.15. The smallest absolute Gasteiger partial charge is 0.244 e. The molecule has 0 saturated carbocycles. The lowest BCUT2D eigenvalue weighted by Crippen LogP contribution is -1.99. The zero-order chi connectivity index (χ0) is 13.2. The summed E-state index contributed by atoms with van der Waals surface area (Å²) in [5.74, 6) is 0.396. The first kappa shape index (κ1) is 12.4. The van der Waals surface area contributed by atoms with Gasteiger partial charge in [0.2, 0.25) is 11.2 Å². The van der Waals surface area contributed by atoms with Crippen molar-refractivity contribution in [3.63, 3.8) is 0 Å². The molecule has 7 heteroatoms. The van der Waals surface area contributed by atoms with Crippen LogP contribution < -0.4 is 4.74 Å². The summed E-state index contributed by atoms with van der Waals surface area (Å²) in [6.45, 7) is 0.390. The van der Waals surface area contributed by atoms with Crippen molar-refractivity contribution < 1.29 is 4.74 Å². The van der Waals surface area contributed by atoms with Gasteiger partial charge < -0.3 is 9.72 Å². The number of imidazole rings is 1. The van der Waals surface area contributed by atoms with E-state index in [-0.39, 0.29) is 5.28 Å². The lowest BCUT2D eigenvalue weighted by molar-refractivity contribution is 0.297. The number of H-pyrrole nitrogens is 1. The van der Waals surface area contributed by atoms with Gasteiger partial charge in [-0.2, -0.15) is 9.97 Å². The van der Waals surface area contributed by atoms with Crippen LogP contribution in [0.25, 0.3) is 11.2 Å². The van der Waals surface area contributed by atoms with Crippen LogP contribution in [-0.2, 0) is 6.61 Å². The predicted octanol–water partition coefficient (Wildman–Crippen LogP) is 3.35. The van der Waals surface area contributed by atoms with E-state index in [0.717, 1.165) is 10.0 Å². The van der Waals surface area contributed by atoms with Crippen LogP contribution in [0.5, 0.6) is 5.88 Å². The van der Waals surface area contributed by atoms with Crippen molar-refractivity contribution in [3.8, 4) is 5.88 Å². The van der Waals surface area contributed by atoms with Gasteiger partial charge in [-0.25, -0.2) is 4.98 Å². The number of benzene rings is 1. The van der Waals surface area contributed by atoms with Crippen LogP contribution in [0.3, 0.4) is 0 Å². The summed E-state index contributed by atoms with van der Waals surface area (Å²) in [5, 5.41) is 0.115. The summed E-state index contributed by atoms with van der Waals surface area (Å²) in [4.78, 5) is 15.0. The first-order chi connectivity index (χ1) is 9.22. The van der Waals surface area contributed by atoms with Crippen LogP contribution in [0.15, 0.2) is 35.1 Å². The Morgan fingerprint density at radius 2 is 2.21 bits per heavy atom. The van der Waals surface area contributed by atoms with Crippen molar-refractivity contribution >= 4 is 38.7 Å². The first-order valence-corrected chi connectivity index (χ1v) is 6.63. The molecule has 0 amide bonds. The molecule has 96 valence electrons. The third kappa shape index (κ3) is 2.69. The maximum absolute atomic E-state index is 5.82. The van der Waals surface area contributed by atoms with Gasteiger partial charge in [-0.15, -0.1) is 0 Å². The molecule has 0 fully saturated rings. The molecule has 0 saturated heterocycles. The van der Waals surface area contributed by atoms with E-state index in [2.05, 4.69) is 35.9 Å². The van der Waals surface area contributed by atoms with Gasteiger partial charge in [0, 0.05) is 4.47 Å². The highest BCUT2D eigenvalue weighted by molar-refractivity contribution is 9.10. The zero-order valence-electron chi connectivity index (χ0n) is 9.60. The third-order valence-corrected chi connectivity index (χ3v) is 3.15. The number of nitrogens with zero attached hydrogens (tertiary/aromatic N) is 3. The summed E-state index contributed by atoms with van der Waals surface area (Å²) in [6, 6.07) is 7.85. The Morgan fingerprint density at radius 1 is 1.32 bits per heavy atom. The quantitative estimate of drug-likeness (QED) is 0.743. The lowest BCUT2D eigenvalue weighted by Gasteiger charge is -2.06. The Labute approximate surface area is 122 Å². The highest BCUT2D eigenvalue weighted by Crippen LogP contribution is 2.22. The number of halogens is 2. The maximum atomic E-state index is 5.82. The van der Waals surface area contributed by atoms with Crippen molar-refractivity contribution in [1.82, 2.24) is 19.9 Å². The fourth-order valence-corrected chi connectivity index (χ4v) is 2.27. The predicted molar refractivity (Wildman–Crippen MR) is 75.2 cm³/mol. The highest BCUT2D eigenvalue weighted by atomic mass is 79.9. The van der Waals surface area contributed by atoms with Crippen LogP contribution >= 0.6 is 27.5 Å². The molecule has 1 aromatic carbocycles. The van der Waals surface area contributed by atoms with Gasteiger partial charge in [-0.1, -0.05) is 28.1 Å². The Kier molecular flexibility index (Phi) is 3.35. The molecule has 0 bridgehead atoms. The summed E-state index contributed by atoms with van der Waals surface area (Å²) in [7, 11) is 0. The second-order valence-corrected chi connectivity index (χ2v) is 5.07. The minimum Gasteiger partial charge on any atom is -0.471 e. The fourth-order valence-electron chi connectivity index (χ4n) is 1.66. The number of aromatic amines is 1. The van der Waals surface area contributed by atoms with Gasteiger partial charge in [0.1, 0.15) is 12.1 Å². The molecule has 0 aliphatic carbocycles. The molecule has 0 unspecified atom stereocenters. The summed E-state index contributed by atoms with van der Waals surface area (Å²) in [6.07, 6.45) is 1.53. The molecule has 1 N–H and O–H groups in total. The number of rotatable bonds is 3. The normalized spacial score (nSPS) is 10.8. The minimum atomic E-state index is 0.115. The highest BCUT2D eigenvalue weighted by Gasteiger charge is 2.10. The summed E-state index contributed by atoms with van der Waals surface area (Å²) >= 11 is 9.24. The molecule has 19 heavy (non-hydrogen) atoms. The largest absolute Gasteiger partial charge is 0.471 e. The molecular weight excluding hydrogens is 332 g/mol. The molecule has 0 aliphatic rings. The Morgan fingerprint density at radius 3 is 3.05 bits per heavy atom. The van der Waals surface area contributed by atoms with E-state index in [1.54, 1.807) is 0 Å². The van der Waals surface area contributed by atoms with E-state index in [1.807, 2.05) is 24.3 Å². The van der Waals surface area contributed by atoms with Crippen LogP contribution in [0.2, 0.25) is 5.28 Å². The summed E-state index contributed by atoms with van der Waals surface area (Å²) < 4.78 is 6.67. The second kappa shape index (κ2) is 5.14. The van der Waals surface area contributed by atoms with E-state index >= 15 is 0 Å².